The minimum atomic E-state index is -0.997. The van der Waals surface area contributed by atoms with Crippen LogP contribution in [0.1, 0.15) is 24.7 Å². The molecule has 0 aliphatic carbocycles. The van der Waals surface area contributed by atoms with Crippen molar-refractivity contribution in [2.75, 3.05) is 6.54 Å². The van der Waals surface area contributed by atoms with Gasteiger partial charge in [-0.3, -0.25) is 4.90 Å². The molecule has 0 saturated carbocycles. The highest BCUT2D eigenvalue weighted by Gasteiger charge is 2.35. The number of hydrogen-bond acceptors (Lipinski definition) is 3. The summed E-state index contributed by atoms with van der Waals surface area (Å²) < 4.78 is 0.631. The number of carbonyl (C=O) groups is 1. The molecule has 0 spiro atoms. The molecule has 1 N–H and O–H groups in total. The van der Waals surface area contributed by atoms with E-state index >= 15 is 0 Å². The van der Waals surface area contributed by atoms with E-state index in [1.807, 2.05) is 0 Å². The first-order valence-electron chi connectivity index (χ1n) is 4.74. The summed E-state index contributed by atoms with van der Waals surface area (Å²) in [4.78, 5) is 16.1. The quantitative estimate of drug-likeness (QED) is 0.540. The van der Waals surface area contributed by atoms with Gasteiger partial charge in [0.05, 0.1) is 6.20 Å². The molecule has 1 fully saturated rings. The number of nitrogens with zero attached hydrogens (tertiary/aromatic N) is 3. The number of aromatic nitrogens is 2. The molecule has 0 bridgehead atoms. The van der Waals surface area contributed by atoms with Crippen LogP contribution in [0.5, 0.6) is 0 Å². The number of amides is 1. The molecule has 1 atom stereocenters. The molecule has 0 unspecified atom stereocenters. The maximum atomic E-state index is 11.4. The highest BCUT2D eigenvalue weighted by molar-refractivity contribution is 5.65. The van der Waals surface area contributed by atoms with E-state index in [4.69, 9.17) is 5.11 Å². The number of rotatable bonds is 1. The van der Waals surface area contributed by atoms with Crippen molar-refractivity contribution in [2.45, 2.75) is 18.9 Å². The smallest absolute Gasteiger partial charge is 0.408 e. The van der Waals surface area contributed by atoms with Crippen molar-refractivity contribution in [3.8, 4) is 0 Å². The Morgan fingerprint density at radius 3 is 3.20 bits per heavy atom. The Morgan fingerprint density at radius 1 is 1.73 bits per heavy atom. The van der Waals surface area contributed by atoms with Crippen LogP contribution in [-0.4, -0.2) is 27.6 Å². The lowest BCUT2D eigenvalue weighted by Crippen LogP contribution is -2.40. The van der Waals surface area contributed by atoms with Crippen molar-refractivity contribution in [3.05, 3.63) is 29.5 Å². The molecule has 0 aromatic carbocycles. The fourth-order valence-electron chi connectivity index (χ4n) is 1.87. The molecule has 1 aromatic rings. The highest BCUT2D eigenvalue weighted by Crippen LogP contribution is 2.28. The van der Waals surface area contributed by atoms with Gasteiger partial charge >= 0.3 is 11.9 Å². The van der Waals surface area contributed by atoms with E-state index in [9.17, 15) is 10.0 Å². The zero-order valence-electron chi connectivity index (χ0n) is 8.04. The van der Waals surface area contributed by atoms with Crippen molar-refractivity contribution >= 4 is 6.09 Å². The maximum absolute atomic E-state index is 11.4. The van der Waals surface area contributed by atoms with Gasteiger partial charge in [0.1, 0.15) is 12.2 Å². The summed E-state index contributed by atoms with van der Waals surface area (Å²) in [6.45, 7) is 0.469. The Kier molecular flexibility index (Phi) is 2.40. The minimum absolute atomic E-state index is 0.261. The van der Waals surface area contributed by atoms with Crippen LogP contribution in [-0.2, 0) is 0 Å². The Bertz CT molecular complexity index is 383. The van der Waals surface area contributed by atoms with Crippen molar-refractivity contribution in [1.29, 1.82) is 0 Å². The van der Waals surface area contributed by atoms with Crippen LogP contribution in [0, 0.1) is 5.21 Å². The summed E-state index contributed by atoms with van der Waals surface area (Å²) >= 11 is 0. The normalized spacial score (nSPS) is 20.5. The molecule has 1 aliphatic rings. The third-order valence-electron chi connectivity index (χ3n) is 2.54. The van der Waals surface area contributed by atoms with Crippen LogP contribution >= 0.6 is 0 Å². The Balaban J connectivity index is 2.30. The van der Waals surface area contributed by atoms with Crippen LogP contribution in [0.15, 0.2) is 18.5 Å². The predicted octanol–water partition coefficient (Wildman–Crippen LogP) is 0.530. The van der Waals surface area contributed by atoms with E-state index in [1.165, 1.54) is 23.4 Å². The van der Waals surface area contributed by atoms with Crippen molar-refractivity contribution in [2.24, 2.45) is 0 Å². The van der Waals surface area contributed by atoms with Gasteiger partial charge < -0.3 is 10.3 Å². The summed E-state index contributed by atoms with van der Waals surface area (Å²) in [6.07, 6.45) is 3.27. The number of carboxylic acid groups (broad SMARTS) is 1. The maximum Gasteiger partial charge on any atom is 0.408 e. The molecule has 1 amide bonds. The van der Waals surface area contributed by atoms with E-state index in [-0.39, 0.29) is 5.82 Å². The van der Waals surface area contributed by atoms with Crippen LogP contribution < -0.4 is 4.73 Å². The van der Waals surface area contributed by atoms with Crippen molar-refractivity contribution in [3.63, 3.8) is 0 Å². The van der Waals surface area contributed by atoms with Crippen LogP contribution in [0.4, 0.5) is 4.79 Å². The second kappa shape index (κ2) is 3.72. The SMILES string of the molecule is O=C(O)N1CCC[C@H]1c1nccc[n+]1[O-]. The summed E-state index contributed by atoms with van der Waals surface area (Å²) in [5.74, 6) is 0.261. The first kappa shape index (κ1) is 9.70. The second-order valence-electron chi connectivity index (χ2n) is 3.44. The third kappa shape index (κ3) is 1.70. The van der Waals surface area contributed by atoms with Crippen LogP contribution in [0.2, 0.25) is 0 Å². The van der Waals surface area contributed by atoms with Gasteiger partial charge in [0.25, 0.3) is 0 Å². The zero-order chi connectivity index (χ0) is 10.8. The van der Waals surface area contributed by atoms with E-state index < -0.39 is 12.1 Å². The van der Waals surface area contributed by atoms with Gasteiger partial charge in [-0.05, 0) is 12.8 Å². The fraction of sp³-hybridized carbons (Fsp3) is 0.444. The van der Waals surface area contributed by atoms with Crippen molar-refractivity contribution < 1.29 is 14.6 Å². The first-order valence-corrected chi connectivity index (χ1v) is 4.74. The van der Waals surface area contributed by atoms with Crippen LogP contribution in [0.3, 0.4) is 0 Å². The van der Waals surface area contributed by atoms with E-state index in [0.29, 0.717) is 17.7 Å². The average molecular weight is 209 g/mol. The molecule has 6 heteroatoms. The average Bonchev–Trinajstić information content (AvgIpc) is 2.67. The number of hydrogen-bond donors (Lipinski definition) is 1. The molecule has 1 aromatic heterocycles. The topological polar surface area (TPSA) is 80.4 Å². The predicted molar refractivity (Wildman–Crippen MR) is 49.9 cm³/mol. The molecular weight excluding hydrogens is 198 g/mol. The summed E-state index contributed by atoms with van der Waals surface area (Å²) in [7, 11) is 0. The fourth-order valence-corrected chi connectivity index (χ4v) is 1.87. The molecule has 0 radical (unpaired) electrons. The van der Waals surface area contributed by atoms with Gasteiger partial charge in [0.2, 0.25) is 0 Å². The molecule has 1 saturated heterocycles. The lowest BCUT2D eigenvalue weighted by atomic mass is 10.2. The van der Waals surface area contributed by atoms with Gasteiger partial charge in [-0.25, -0.2) is 9.52 Å². The monoisotopic (exact) mass is 209 g/mol. The second-order valence-corrected chi connectivity index (χ2v) is 3.44. The first-order chi connectivity index (χ1) is 7.20. The molecule has 1 aliphatic heterocycles. The minimum Gasteiger partial charge on any atom is -0.711 e. The molecule has 15 heavy (non-hydrogen) atoms. The molecule has 2 heterocycles. The molecule has 6 nitrogen and oxygen atoms in total. The summed E-state index contributed by atoms with van der Waals surface area (Å²) in [5.41, 5.74) is 0. The van der Waals surface area contributed by atoms with Gasteiger partial charge in [-0.1, -0.05) is 4.98 Å². The Hall–Kier alpha value is -1.85. The standard InChI is InChI=1S/C9H11N3O3/c13-9(14)11-5-1-3-7(11)8-10-4-2-6-12(8)15/h2,4,6-7H,1,3,5H2,(H,13,14)/t7-/m0/s1. The van der Waals surface area contributed by atoms with Gasteiger partial charge in [-0.15, -0.1) is 0 Å². The Labute approximate surface area is 86.4 Å². The summed E-state index contributed by atoms with van der Waals surface area (Å²) in [5, 5.41) is 20.3. The molecular formula is C9H11N3O3. The lowest BCUT2D eigenvalue weighted by Gasteiger charge is -2.19. The van der Waals surface area contributed by atoms with E-state index in [1.54, 1.807) is 0 Å². The molecule has 80 valence electrons. The van der Waals surface area contributed by atoms with Gasteiger partial charge in [0.15, 0.2) is 0 Å². The third-order valence-corrected chi connectivity index (χ3v) is 2.54. The highest BCUT2D eigenvalue weighted by atomic mass is 16.5. The number of likely N-dealkylation sites (tertiary alicyclic amines) is 1. The van der Waals surface area contributed by atoms with Crippen LogP contribution in [0.25, 0.3) is 0 Å². The van der Waals surface area contributed by atoms with Crippen molar-refractivity contribution in [1.82, 2.24) is 9.88 Å². The Morgan fingerprint density at radius 2 is 2.53 bits per heavy atom. The lowest BCUT2D eigenvalue weighted by molar-refractivity contribution is -0.620. The largest absolute Gasteiger partial charge is 0.711 e. The van der Waals surface area contributed by atoms with E-state index in [0.717, 1.165) is 6.42 Å². The van der Waals surface area contributed by atoms with Gasteiger partial charge in [-0.2, -0.15) is 0 Å². The van der Waals surface area contributed by atoms with E-state index in [2.05, 4.69) is 4.98 Å². The summed E-state index contributed by atoms with van der Waals surface area (Å²) in [6, 6.07) is 1.12. The van der Waals surface area contributed by atoms with Gasteiger partial charge in [0, 0.05) is 12.6 Å². The zero-order valence-corrected chi connectivity index (χ0v) is 8.04. The molecule has 2 rings (SSSR count).